The van der Waals surface area contributed by atoms with Crippen molar-refractivity contribution in [2.24, 2.45) is 5.92 Å². The monoisotopic (exact) mass is 324 g/mol. The highest BCUT2D eigenvalue weighted by Gasteiger charge is 2.49. The first-order valence-corrected chi connectivity index (χ1v) is 9.91. The van der Waals surface area contributed by atoms with Crippen LogP contribution in [0.15, 0.2) is 12.3 Å². The van der Waals surface area contributed by atoms with Crippen molar-refractivity contribution < 1.29 is 0 Å². The Balaban J connectivity index is 1.63. The second kappa shape index (κ2) is 5.47. The summed E-state index contributed by atoms with van der Waals surface area (Å²) in [4.78, 5) is 5.12. The Hall–Kier alpha value is -1.58. The molecule has 2 fully saturated rings. The van der Waals surface area contributed by atoms with Crippen LogP contribution in [-0.4, -0.2) is 20.6 Å². The molecule has 0 aromatic carbocycles. The second-order valence-corrected chi connectivity index (χ2v) is 8.34. The van der Waals surface area contributed by atoms with E-state index in [0.717, 1.165) is 12.1 Å². The van der Waals surface area contributed by atoms with Crippen molar-refractivity contribution in [2.45, 2.75) is 82.6 Å². The minimum Gasteiger partial charge on any atom is -0.367 e. The fraction of sp³-hybridized carbons (Fsp3) is 0.700. The first-order valence-electron chi connectivity index (χ1n) is 9.91. The summed E-state index contributed by atoms with van der Waals surface area (Å²) in [6.07, 6.45) is 15.1. The molecule has 0 aliphatic heterocycles. The average Bonchev–Trinajstić information content (AvgIpc) is 3.31. The molecule has 0 radical (unpaired) electrons. The van der Waals surface area contributed by atoms with Gasteiger partial charge in [0.15, 0.2) is 5.65 Å². The summed E-state index contributed by atoms with van der Waals surface area (Å²) in [7, 11) is 0. The van der Waals surface area contributed by atoms with Crippen LogP contribution in [0.2, 0.25) is 0 Å². The predicted octanol–water partition coefficient (Wildman–Crippen LogP) is 4.48. The van der Waals surface area contributed by atoms with Crippen molar-refractivity contribution in [1.29, 1.82) is 0 Å². The molecule has 0 bridgehead atoms. The molecule has 24 heavy (non-hydrogen) atoms. The van der Waals surface area contributed by atoms with E-state index >= 15 is 0 Å². The van der Waals surface area contributed by atoms with Gasteiger partial charge < -0.3 is 5.32 Å². The lowest BCUT2D eigenvalue weighted by Crippen LogP contribution is -2.28. The predicted molar refractivity (Wildman–Crippen MR) is 96.5 cm³/mol. The quantitative estimate of drug-likeness (QED) is 0.885. The van der Waals surface area contributed by atoms with Crippen molar-refractivity contribution in [2.75, 3.05) is 5.32 Å². The van der Waals surface area contributed by atoms with Gasteiger partial charge in [0.25, 0.3) is 0 Å². The number of nitrogens with one attached hydrogen (secondary N) is 1. The van der Waals surface area contributed by atoms with Gasteiger partial charge in [0.05, 0.1) is 11.9 Å². The molecular weight excluding hydrogens is 296 g/mol. The van der Waals surface area contributed by atoms with Crippen LogP contribution in [0.25, 0.3) is 5.65 Å². The van der Waals surface area contributed by atoms with E-state index < -0.39 is 0 Å². The van der Waals surface area contributed by atoms with Crippen LogP contribution in [0, 0.1) is 5.92 Å². The van der Waals surface area contributed by atoms with Crippen LogP contribution in [0.1, 0.15) is 76.0 Å². The first kappa shape index (κ1) is 14.7. The zero-order valence-corrected chi connectivity index (χ0v) is 14.7. The van der Waals surface area contributed by atoms with Gasteiger partial charge in [-0.05, 0) is 38.0 Å². The van der Waals surface area contributed by atoms with Gasteiger partial charge in [-0.25, -0.2) is 4.98 Å². The number of nitrogens with zero attached hydrogens (tertiary/aromatic N) is 3. The number of hydrogen-bond donors (Lipinski definition) is 1. The minimum atomic E-state index is 0.338. The SMILES string of the molecule is CC1Cc2c(nc3ccnn3c2NC2CCCCC2)C12CCCC2. The zero-order chi connectivity index (χ0) is 16.1. The van der Waals surface area contributed by atoms with Gasteiger partial charge in [0.2, 0.25) is 0 Å². The van der Waals surface area contributed by atoms with Gasteiger partial charge >= 0.3 is 0 Å². The fourth-order valence-corrected chi connectivity index (χ4v) is 5.64. The van der Waals surface area contributed by atoms with Crippen LogP contribution in [0.4, 0.5) is 5.82 Å². The summed E-state index contributed by atoms with van der Waals surface area (Å²) in [5, 5.41) is 8.49. The third kappa shape index (κ3) is 2.04. The Morgan fingerprint density at radius 3 is 2.71 bits per heavy atom. The largest absolute Gasteiger partial charge is 0.367 e. The van der Waals surface area contributed by atoms with Crippen LogP contribution < -0.4 is 5.32 Å². The van der Waals surface area contributed by atoms with Crippen LogP contribution in [0.3, 0.4) is 0 Å². The number of anilines is 1. The van der Waals surface area contributed by atoms with E-state index in [4.69, 9.17) is 4.98 Å². The molecule has 2 saturated carbocycles. The highest BCUT2D eigenvalue weighted by Crippen LogP contribution is 2.54. The number of aromatic nitrogens is 3. The van der Waals surface area contributed by atoms with E-state index in [1.54, 1.807) is 0 Å². The maximum atomic E-state index is 5.12. The average molecular weight is 324 g/mol. The van der Waals surface area contributed by atoms with E-state index in [1.807, 2.05) is 6.20 Å². The summed E-state index contributed by atoms with van der Waals surface area (Å²) in [5.41, 5.74) is 4.22. The van der Waals surface area contributed by atoms with E-state index in [1.165, 1.54) is 74.9 Å². The molecule has 3 aliphatic rings. The third-order valence-electron chi connectivity index (χ3n) is 7.00. The Kier molecular flexibility index (Phi) is 3.36. The lowest BCUT2D eigenvalue weighted by Gasteiger charge is -2.29. The van der Waals surface area contributed by atoms with Gasteiger partial charge in [-0.3, -0.25) is 0 Å². The fourth-order valence-electron chi connectivity index (χ4n) is 5.64. The molecule has 1 spiro atoms. The molecular formula is C20H28N4. The minimum absolute atomic E-state index is 0.338. The molecule has 5 rings (SSSR count). The van der Waals surface area contributed by atoms with E-state index in [-0.39, 0.29) is 0 Å². The normalized spacial score (nSPS) is 26.3. The van der Waals surface area contributed by atoms with Crippen molar-refractivity contribution >= 4 is 11.5 Å². The lowest BCUT2D eigenvalue weighted by molar-refractivity contribution is 0.316. The maximum absolute atomic E-state index is 5.12. The lowest BCUT2D eigenvalue weighted by atomic mass is 9.76. The summed E-state index contributed by atoms with van der Waals surface area (Å²) in [6.45, 7) is 2.44. The molecule has 2 aromatic heterocycles. The summed E-state index contributed by atoms with van der Waals surface area (Å²) < 4.78 is 2.06. The second-order valence-electron chi connectivity index (χ2n) is 8.34. The maximum Gasteiger partial charge on any atom is 0.157 e. The smallest absolute Gasteiger partial charge is 0.157 e. The van der Waals surface area contributed by atoms with E-state index in [2.05, 4.69) is 27.9 Å². The number of fused-ring (bicyclic) bond motifs is 3. The van der Waals surface area contributed by atoms with Crippen LogP contribution in [0.5, 0.6) is 0 Å². The summed E-state index contributed by atoms with van der Waals surface area (Å²) in [5.74, 6) is 1.96. The van der Waals surface area contributed by atoms with Crippen molar-refractivity contribution in [3.63, 3.8) is 0 Å². The highest BCUT2D eigenvalue weighted by atomic mass is 15.3. The Morgan fingerprint density at radius 2 is 1.92 bits per heavy atom. The van der Waals surface area contributed by atoms with E-state index in [9.17, 15) is 0 Å². The highest BCUT2D eigenvalue weighted by molar-refractivity contribution is 5.60. The molecule has 4 nitrogen and oxygen atoms in total. The van der Waals surface area contributed by atoms with Gasteiger partial charge in [-0.15, -0.1) is 0 Å². The Bertz CT molecular complexity index is 750. The van der Waals surface area contributed by atoms with E-state index in [0.29, 0.717) is 17.4 Å². The molecule has 128 valence electrons. The Labute approximate surface area is 144 Å². The van der Waals surface area contributed by atoms with Gasteiger partial charge in [-0.1, -0.05) is 39.0 Å². The van der Waals surface area contributed by atoms with Crippen molar-refractivity contribution in [3.05, 3.63) is 23.5 Å². The van der Waals surface area contributed by atoms with Gasteiger partial charge in [0, 0.05) is 23.1 Å². The molecule has 2 heterocycles. The molecule has 0 saturated heterocycles. The molecule has 2 aromatic rings. The summed E-state index contributed by atoms with van der Waals surface area (Å²) >= 11 is 0. The Morgan fingerprint density at radius 1 is 1.12 bits per heavy atom. The van der Waals surface area contributed by atoms with Crippen molar-refractivity contribution in [1.82, 2.24) is 14.6 Å². The van der Waals surface area contributed by atoms with Gasteiger partial charge in [-0.2, -0.15) is 9.61 Å². The molecule has 0 amide bonds. The summed E-state index contributed by atoms with van der Waals surface area (Å²) in [6, 6.07) is 2.67. The zero-order valence-electron chi connectivity index (χ0n) is 14.7. The van der Waals surface area contributed by atoms with Crippen LogP contribution >= 0.6 is 0 Å². The molecule has 3 aliphatic carbocycles. The molecule has 1 N–H and O–H groups in total. The number of hydrogen-bond acceptors (Lipinski definition) is 3. The molecule has 4 heteroatoms. The molecule has 1 unspecified atom stereocenters. The third-order valence-corrected chi connectivity index (χ3v) is 7.00. The van der Waals surface area contributed by atoms with Crippen molar-refractivity contribution in [3.8, 4) is 0 Å². The molecule has 1 atom stereocenters. The standard InChI is InChI=1S/C20H28N4/c1-14-13-16-18(20(14)10-5-6-11-20)23-17-9-12-21-24(17)19(16)22-15-7-3-2-4-8-15/h9,12,14-15,22H,2-8,10-11,13H2,1H3. The first-order chi connectivity index (χ1) is 11.8. The topological polar surface area (TPSA) is 42.2 Å². The van der Waals surface area contributed by atoms with Gasteiger partial charge in [0.1, 0.15) is 5.82 Å². The number of rotatable bonds is 2. The van der Waals surface area contributed by atoms with Crippen LogP contribution in [-0.2, 0) is 11.8 Å².